The van der Waals surface area contributed by atoms with Gasteiger partial charge < -0.3 is 40.5 Å². The Kier molecular flexibility index (Phi) is 13.2. The van der Waals surface area contributed by atoms with Gasteiger partial charge in [0.25, 0.3) is 0 Å². The van der Waals surface area contributed by atoms with Gasteiger partial charge in [0.05, 0.1) is 43.7 Å². The monoisotopic (exact) mass is 831 g/mol. The maximum absolute atomic E-state index is 11.7. The fourth-order valence-electron chi connectivity index (χ4n) is 17.5. The molecule has 59 heavy (non-hydrogen) atoms. The van der Waals surface area contributed by atoms with E-state index < -0.39 is 12.1 Å². The number of ether oxygens (including phenoxy) is 1. The Bertz CT molecular complexity index is 1510. The van der Waals surface area contributed by atoms with Crippen molar-refractivity contribution >= 4 is 11.9 Å². The van der Waals surface area contributed by atoms with E-state index in [2.05, 4.69) is 41.5 Å². The summed E-state index contributed by atoms with van der Waals surface area (Å²) in [6, 6.07) is 0. The molecule has 338 valence electrons. The van der Waals surface area contributed by atoms with Gasteiger partial charge in [-0.1, -0.05) is 41.5 Å². The van der Waals surface area contributed by atoms with Gasteiger partial charge in [-0.3, -0.25) is 9.59 Å². The van der Waals surface area contributed by atoms with Gasteiger partial charge >= 0.3 is 11.9 Å². The van der Waals surface area contributed by atoms with E-state index in [-0.39, 0.29) is 82.3 Å². The van der Waals surface area contributed by atoms with E-state index in [1.165, 1.54) is 7.11 Å². The van der Waals surface area contributed by atoms with Crippen LogP contribution in [0.2, 0.25) is 0 Å². The van der Waals surface area contributed by atoms with E-state index in [1.54, 1.807) is 0 Å². The van der Waals surface area contributed by atoms with Crippen LogP contribution in [0.15, 0.2) is 0 Å². The zero-order valence-corrected chi connectivity index (χ0v) is 37.5. The number of carbonyl (C=O) groups excluding carboxylic acids is 1. The first-order chi connectivity index (χ1) is 27.7. The van der Waals surface area contributed by atoms with Crippen molar-refractivity contribution in [2.75, 3.05) is 7.11 Å². The molecule has 0 heterocycles. The first-order valence-electron chi connectivity index (χ1n) is 24.1. The number of aliphatic hydroxyl groups excluding tert-OH is 6. The largest absolute Gasteiger partial charge is 0.481 e. The van der Waals surface area contributed by atoms with Gasteiger partial charge in [0.2, 0.25) is 0 Å². The predicted molar refractivity (Wildman–Crippen MR) is 224 cm³/mol. The van der Waals surface area contributed by atoms with Crippen molar-refractivity contribution in [1.82, 2.24) is 0 Å². The standard InChI is InChI=1S/C25H42O5.C24H40O5/c1-14(5-8-22(29)30-4)17-6-7-18-23-19(13-21(28)25(17,18)3)24(2)10-9-16(26)11-15(24)12-20(23)27;1-13(4-7-21(28)29)16-5-6-17-22-18(12-20(27)24(16,17)3)23(2)9-8-15(25)10-14(23)11-19(22)26/h14-21,23,26-28H,5-13H2,1-4H3;13-20,22,25-27H,4-12H2,1-3H3,(H,28,29)/t14-,15+,16-,17-,18+,19+,20-,21+,23+,24+,25-;13-,14+,15-,16-,17+,18+,19-,20+,22+,23+,24-/m11/s1. The first kappa shape index (κ1) is 45.7. The van der Waals surface area contributed by atoms with E-state index in [0.717, 1.165) is 96.3 Å². The fraction of sp³-hybridized carbons (Fsp3) is 0.959. The van der Waals surface area contributed by atoms with Crippen LogP contribution in [0.3, 0.4) is 0 Å². The number of rotatable bonds is 8. The smallest absolute Gasteiger partial charge is 0.305 e. The lowest BCUT2D eigenvalue weighted by atomic mass is 9.43. The van der Waals surface area contributed by atoms with Gasteiger partial charge in [0.15, 0.2) is 0 Å². The van der Waals surface area contributed by atoms with Gasteiger partial charge in [0, 0.05) is 12.8 Å². The maximum atomic E-state index is 11.7. The molecule has 0 aromatic rings. The minimum absolute atomic E-state index is 0.0957. The minimum Gasteiger partial charge on any atom is -0.481 e. The van der Waals surface area contributed by atoms with E-state index in [4.69, 9.17) is 9.84 Å². The maximum Gasteiger partial charge on any atom is 0.305 e. The highest BCUT2D eigenvalue weighted by Gasteiger charge is 2.67. The molecule has 0 spiro atoms. The van der Waals surface area contributed by atoms with Crippen LogP contribution in [0.4, 0.5) is 0 Å². The number of esters is 1. The van der Waals surface area contributed by atoms with Crippen LogP contribution in [0.1, 0.15) is 157 Å². The number of hydrogen-bond acceptors (Lipinski definition) is 9. The van der Waals surface area contributed by atoms with Crippen LogP contribution in [0.5, 0.6) is 0 Å². The third-order valence-electron chi connectivity index (χ3n) is 20.9. The van der Waals surface area contributed by atoms with Gasteiger partial charge in [-0.25, -0.2) is 0 Å². The van der Waals surface area contributed by atoms with E-state index in [0.29, 0.717) is 66.1 Å². The first-order valence-corrected chi connectivity index (χ1v) is 24.1. The van der Waals surface area contributed by atoms with Crippen molar-refractivity contribution in [1.29, 1.82) is 0 Å². The molecule has 22 atom stereocenters. The second-order valence-corrected chi connectivity index (χ2v) is 23.1. The molecule has 10 heteroatoms. The van der Waals surface area contributed by atoms with Crippen molar-refractivity contribution < 1.29 is 50.1 Å². The molecule has 0 unspecified atom stereocenters. The van der Waals surface area contributed by atoms with E-state index in [9.17, 15) is 40.2 Å². The SMILES string of the molecule is COC(=O)CC[C@@H](C)[C@H]1CC[C@H]2[C@@H]3[C@H](O)C[C@@H]4C[C@H](O)CC[C@]4(C)[C@H]3C[C@H](O)[C@]12C.C[C@H](CCC(=O)O)[C@H]1CC[C@H]2[C@@H]3[C@H](O)C[C@@H]4C[C@H](O)CC[C@]4(C)[C@H]3C[C@H](O)[C@]12C. The number of aliphatic carboxylic acids is 1. The third kappa shape index (κ3) is 7.67. The Morgan fingerprint density at radius 3 is 1.37 bits per heavy atom. The Hall–Kier alpha value is -1.30. The molecule has 8 saturated carbocycles. The highest BCUT2D eigenvalue weighted by atomic mass is 16.5. The Morgan fingerprint density at radius 1 is 0.576 bits per heavy atom. The van der Waals surface area contributed by atoms with Gasteiger partial charge in [-0.05, 0) is 195 Å². The third-order valence-corrected chi connectivity index (χ3v) is 20.9. The molecule has 0 saturated heterocycles. The number of fused-ring (bicyclic) bond motifs is 10. The van der Waals surface area contributed by atoms with Crippen molar-refractivity contribution in [2.45, 2.75) is 194 Å². The van der Waals surface area contributed by atoms with Crippen LogP contribution in [-0.2, 0) is 14.3 Å². The summed E-state index contributed by atoms with van der Waals surface area (Å²) in [7, 11) is 1.44. The number of carboxylic acids is 1. The summed E-state index contributed by atoms with van der Waals surface area (Å²) in [4.78, 5) is 22.7. The topological polar surface area (TPSA) is 185 Å². The number of carboxylic acid groups (broad SMARTS) is 1. The Labute approximate surface area is 354 Å². The second-order valence-electron chi connectivity index (χ2n) is 23.1. The molecule has 8 fully saturated rings. The molecule has 0 aliphatic heterocycles. The van der Waals surface area contributed by atoms with Gasteiger partial charge in [-0.15, -0.1) is 0 Å². The van der Waals surface area contributed by atoms with Crippen LogP contribution in [0, 0.1) is 92.7 Å². The van der Waals surface area contributed by atoms with Crippen LogP contribution < -0.4 is 0 Å². The molecule has 0 aromatic carbocycles. The summed E-state index contributed by atoms with van der Waals surface area (Å²) in [5.74, 6) is 2.81. The van der Waals surface area contributed by atoms with Gasteiger partial charge in [-0.2, -0.15) is 0 Å². The summed E-state index contributed by atoms with van der Waals surface area (Å²) in [6.45, 7) is 13.6. The van der Waals surface area contributed by atoms with Crippen LogP contribution >= 0.6 is 0 Å². The lowest BCUT2D eigenvalue weighted by Gasteiger charge is -2.63. The molecule has 10 nitrogen and oxygen atoms in total. The molecular weight excluding hydrogens is 749 g/mol. The molecule has 7 N–H and O–H groups in total. The highest BCUT2D eigenvalue weighted by molar-refractivity contribution is 5.69. The quantitative estimate of drug-likeness (QED) is 0.126. The molecule has 8 aliphatic carbocycles. The summed E-state index contributed by atoms with van der Waals surface area (Å²) >= 11 is 0. The van der Waals surface area contributed by atoms with Crippen molar-refractivity contribution in [3.8, 4) is 0 Å². The lowest BCUT2D eigenvalue weighted by Crippen LogP contribution is -2.62. The molecular formula is C49H82O10. The average molecular weight is 831 g/mol. The van der Waals surface area contributed by atoms with Crippen LogP contribution in [0.25, 0.3) is 0 Å². The Morgan fingerprint density at radius 2 is 0.983 bits per heavy atom. The number of carbonyl (C=O) groups is 2. The van der Waals surface area contributed by atoms with E-state index >= 15 is 0 Å². The normalized spacial score (nSPS) is 52.2. The van der Waals surface area contributed by atoms with Crippen molar-refractivity contribution in [2.24, 2.45) is 92.7 Å². The average Bonchev–Trinajstić information content (AvgIpc) is 3.73. The summed E-state index contributed by atoms with van der Waals surface area (Å²) in [6.07, 6.45) is 12.6. The van der Waals surface area contributed by atoms with E-state index in [1.807, 2.05) is 0 Å². The molecule has 0 amide bonds. The molecule has 8 aliphatic rings. The predicted octanol–water partition coefficient (Wildman–Crippen LogP) is 6.99. The second kappa shape index (κ2) is 17.0. The number of aliphatic hydroxyl groups is 6. The zero-order chi connectivity index (χ0) is 43.0. The number of methoxy groups -OCH3 is 1. The molecule has 0 bridgehead atoms. The number of hydrogen-bond donors (Lipinski definition) is 7. The zero-order valence-electron chi connectivity index (χ0n) is 37.5. The molecule has 0 radical (unpaired) electrons. The Balaban J connectivity index is 0.000000179. The summed E-state index contributed by atoms with van der Waals surface area (Å²) in [5.41, 5.74) is -0.231. The van der Waals surface area contributed by atoms with Gasteiger partial charge in [0.1, 0.15) is 0 Å². The summed E-state index contributed by atoms with van der Waals surface area (Å²) in [5, 5.41) is 75.1. The lowest BCUT2D eigenvalue weighted by molar-refractivity contribution is -0.207. The highest BCUT2D eigenvalue weighted by Crippen LogP contribution is 2.70. The van der Waals surface area contributed by atoms with Crippen LogP contribution in [-0.4, -0.2) is 91.4 Å². The molecule has 0 aromatic heterocycles. The molecule has 8 rings (SSSR count). The van der Waals surface area contributed by atoms with Crippen molar-refractivity contribution in [3.63, 3.8) is 0 Å². The van der Waals surface area contributed by atoms with Crippen molar-refractivity contribution in [3.05, 3.63) is 0 Å². The minimum atomic E-state index is -0.748. The fourth-order valence-corrected chi connectivity index (χ4v) is 17.5. The summed E-state index contributed by atoms with van der Waals surface area (Å²) < 4.78 is 4.83.